The molecule has 0 bridgehead atoms. The highest BCUT2D eigenvalue weighted by Gasteiger charge is 2.58. The van der Waals surface area contributed by atoms with E-state index in [-0.39, 0.29) is 6.61 Å². The first-order chi connectivity index (χ1) is 35.8. The molecule has 416 valence electrons. The Bertz CT molecular complexity index is 2420. The van der Waals surface area contributed by atoms with Gasteiger partial charge in [-0.1, -0.05) is 58.5 Å². The molecule has 0 aromatic heterocycles. The number of azide groups is 5. The van der Waals surface area contributed by atoms with Gasteiger partial charge in [0.25, 0.3) is 0 Å². The number of rotatable bonds is 22. The van der Waals surface area contributed by atoms with E-state index < -0.39 is 173 Å². The number of esters is 6. The molecule has 4 rings (SSSR count). The van der Waals surface area contributed by atoms with Gasteiger partial charge >= 0.3 is 35.8 Å². The topological polar surface area (TPSA) is 466 Å². The Morgan fingerprint density at radius 2 is 0.882 bits per heavy atom. The van der Waals surface area contributed by atoms with Crippen molar-refractivity contribution in [3.8, 4) is 0 Å². The van der Waals surface area contributed by atoms with Gasteiger partial charge in [0.2, 0.25) is 0 Å². The zero-order valence-corrected chi connectivity index (χ0v) is 44.1. The number of nitrogens with zero attached hydrogens (tertiary/aromatic N) is 15. The van der Waals surface area contributed by atoms with Crippen LogP contribution in [0.25, 0.3) is 52.2 Å². The minimum atomic E-state index is -2.72. The van der Waals surface area contributed by atoms with E-state index in [2.05, 4.69) is 50.1 Å². The third kappa shape index (κ3) is 16.3. The average molecular weight is 1090 g/mol. The van der Waals surface area contributed by atoms with Crippen LogP contribution in [0.3, 0.4) is 0 Å². The fourth-order valence-electron chi connectivity index (χ4n) is 8.20. The molecule has 0 spiro atoms. The van der Waals surface area contributed by atoms with E-state index >= 15 is 0 Å². The summed E-state index contributed by atoms with van der Waals surface area (Å²) in [5.74, 6) is -5.54. The molecule has 0 saturated carbocycles. The largest absolute Gasteiger partial charge is 0.459 e. The predicted octanol–water partition coefficient (Wildman–Crippen LogP) is 5.16. The van der Waals surface area contributed by atoms with Crippen molar-refractivity contribution >= 4 is 44.1 Å². The van der Waals surface area contributed by atoms with Crippen LogP contribution in [0.5, 0.6) is 0 Å². The zero-order valence-electron chi connectivity index (χ0n) is 43.1. The zero-order chi connectivity index (χ0) is 56.7. The second kappa shape index (κ2) is 27.7. The van der Waals surface area contributed by atoms with Crippen molar-refractivity contribution in [2.24, 2.45) is 25.6 Å². The summed E-state index contributed by atoms with van der Waals surface area (Å²) in [7, 11) is -2.72. The van der Waals surface area contributed by atoms with E-state index in [0.29, 0.717) is 0 Å². The molecule has 1 aliphatic carbocycles. The second-order valence-corrected chi connectivity index (χ2v) is 23.6. The maximum Gasteiger partial charge on any atom is 0.303 e. The van der Waals surface area contributed by atoms with Crippen LogP contribution in [0.4, 0.5) is 0 Å². The van der Waals surface area contributed by atoms with Crippen LogP contribution in [0.2, 0.25) is 18.1 Å². The van der Waals surface area contributed by atoms with Crippen molar-refractivity contribution in [1.82, 2.24) is 0 Å². The lowest BCUT2D eigenvalue weighted by atomic mass is 9.93. The lowest BCUT2D eigenvalue weighted by Gasteiger charge is -2.46. The first-order valence-corrected chi connectivity index (χ1v) is 26.1. The first kappa shape index (κ1) is 61.6. The van der Waals surface area contributed by atoms with E-state index in [0.717, 1.165) is 41.5 Å². The van der Waals surface area contributed by atoms with E-state index in [1.165, 1.54) is 12.2 Å². The maximum atomic E-state index is 13.2. The summed E-state index contributed by atoms with van der Waals surface area (Å²) in [6.45, 7) is 14.4. The molecule has 0 amide bonds. The molecule has 3 fully saturated rings. The van der Waals surface area contributed by atoms with Gasteiger partial charge < -0.3 is 61.3 Å². The van der Waals surface area contributed by atoms with Gasteiger partial charge in [0, 0.05) is 66.1 Å². The van der Waals surface area contributed by atoms with Crippen LogP contribution in [-0.2, 0) is 90.0 Å². The maximum absolute atomic E-state index is 13.2. The fourth-order valence-corrected chi connectivity index (χ4v) is 9.22. The molecular weight excluding hydrogens is 1030 g/mol. The van der Waals surface area contributed by atoms with Crippen LogP contribution in [0.1, 0.15) is 62.3 Å². The monoisotopic (exact) mass is 1090 g/mol. The van der Waals surface area contributed by atoms with Gasteiger partial charge in [-0.25, -0.2) is 0 Å². The van der Waals surface area contributed by atoms with Crippen LogP contribution in [-0.4, -0.2) is 174 Å². The SMILES string of the molecule is CC(=O)OC1C(O[C@H]2OC(CN=[N+]=[N-])[C@@H](OC(C)=O)C(OC(C)=O)C2N=[N+]=[N-])[C@@H](CO[Si](C)(C)C(C)(C)C)O[C@H]1OC1C(OC(C)=O)[C@H](N=[N+]=[N-])C=C[C@H]1O[C@H]1OC(CN=[N+]=[N-])[C@@H](OC(C)=O)C(OC(C)=O)C1N=[N+]=[N-]. The molecule has 3 heterocycles. The van der Waals surface area contributed by atoms with Gasteiger partial charge in [-0.3, -0.25) is 28.8 Å². The lowest BCUT2D eigenvalue weighted by molar-refractivity contribution is -0.296. The Balaban J connectivity index is 1.94. The molecule has 3 saturated heterocycles. The summed E-state index contributed by atoms with van der Waals surface area (Å²) in [5.41, 5.74) is 47.8. The van der Waals surface area contributed by atoms with Crippen molar-refractivity contribution in [3.63, 3.8) is 0 Å². The van der Waals surface area contributed by atoms with Gasteiger partial charge in [0.1, 0.15) is 54.8 Å². The molecule has 76 heavy (non-hydrogen) atoms. The summed E-state index contributed by atoms with van der Waals surface area (Å²) >= 11 is 0. The Morgan fingerprint density at radius 3 is 1.30 bits per heavy atom. The quantitative estimate of drug-likeness (QED) is 0.0257. The van der Waals surface area contributed by atoms with Crippen LogP contribution in [0, 0.1) is 0 Å². The standard InChI is InChI=1S/C41H59N15O19Si/c1-17(57)64-30-23(49-54-44)12-13-24(70-38-28(50-55-45)35(67-20(4)60)32(65-18(2)58)25(71-38)14-47-52-42)31(30)75-40-37(69-22(6)62)34(27(73-40)16-63-76(10,11)41(7,8)9)74-39-29(51-56-46)36(68-21(5)61)33(66-19(3)59)26(72-39)15-48-53-43/h12-13,23-40H,14-16H2,1-11H3/t23-,24-,25?,26?,27-,28?,29?,30?,31?,32-,33-,34?,35?,36?,37?,38+,39-,40+/m1/s1. The molecule has 0 aromatic carbocycles. The predicted molar refractivity (Wildman–Crippen MR) is 253 cm³/mol. The summed E-state index contributed by atoms with van der Waals surface area (Å²) in [4.78, 5) is 90.0. The molecule has 4 aliphatic rings. The van der Waals surface area contributed by atoms with Crippen LogP contribution < -0.4 is 0 Å². The number of hydrogen-bond acceptors (Lipinski definition) is 24. The number of hydrogen-bond donors (Lipinski definition) is 0. The van der Waals surface area contributed by atoms with Crippen LogP contribution in [0.15, 0.2) is 37.7 Å². The number of carbonyl (C=O) groups is 6. The van der Waals surface area contributed by atoms with Gasteiger partial charge in [-0.2, -0.15) is 0 Å². The third-order valence-corrected chi connectivity index (χ3v) is 16.8. The lowest BCUT2D eigenvalue weighted by Crippen LogP contribution is -2.62. The molecule has 0 radical (unpaired) electrons. The molecule has 10 unspecified atom stereocenters. The Kier molecular flexibility index (Phi) is 22.5. The molecule has 18 atom stereocenters. The Labute approximate surface area is 433 Å². The highest BCUT2D eigenvalue weighted by Crippen LogP contribution is 2.41. The smallest absolute Gasteiger partial charge is 0.303 e. The van der Waals surface area contributed by atoms with Crippen molar-refractivity contribution < 1.29 is 90.0 Å². The van der Waals surface area contributed by atoms with Gasteiger partial charge in [0.15, 0.2) is 57.7 Å². The summed E-state index contributed by atoms with van der Waals surface area (Å²) in [6, 6.07) is -4.76. The average Bonchev–Trinajstić information content (AvgIpc) is 3.62. The Morgan fingerprint density at radius 1 is 0.487 bits per heavy atom. The van der Waals surface area contributed by atoms with E-state index in [1.807, 2.05) is 33.9 Å². The minimum Gasteiger partial charge on any atom is -0.459 e. The summed E-state index contributed by atoms with van der Waals surface area (Å²) in [5, 5.41) is 18.0. The van der Waals surface area contributed by atoms with E-state index in [4.69, 9.17) is 61.3 Å². The minimum absolute atomic E-state index is 0.333. The number of carbonyl (C=O) groups excluding carboxylic acids is 6. The van der Waals surface area contributed by atoms with Crippen molar-refractivity contribution in [2.45, 2.75) is 191 Å². The van der Waals surface area contributed by atoms with Crippen molar-refractivity contribution in [1.29, 1.82) is 0 Å². The fraction of sp³-hybridized carbons (Fsp3) is 0.805. The molecule has 0 aromatic rings. The summed E-state index contributed by atoms with van der Waals surface area (Å²) in [6.07, 6.45) is -21.9. The van der Waals surface area contributed by atoms with Crippen LogP contribution >= 0.6 is 0 Å². The third-order valence-electron chi connectivity index (χ3n) is 12.3. The highest BCUT2D eigenvalue weighted by molar-refractivity contribution is 6.74. The highest BCUT2D eigenvalue weighted by atomic mass is 28.4. The van der Waals surface area contributed by atoms with Gasteiger partial charge in [-0.15, -0.1) is 0 Å². The van der Waals surface area contributed by atoms with Crippen molar-refractivity contribution in [2.75, 3.05) is 19.7 Å². The van der Waals surface area contributed by atoms with E-state index in [9.17, 15) is 56.4 Å². The molecular formula is C41H59N15O19Si. The number of ether oxygens (including phenoxy) is 12. The van der Waals surface area contributed by atoms with Gasteiger partial charge in [-0.05, 0) is 45.8 Å². The first-order valence-electron chi connectivity index (χ1n) is 23.2. The van der Waals surface area contributed by atoms with E-state index in [1.54, 1.807) is 0 Å². The van der Waals surface area contributed by atoms with Crippen molar-refractivity contribution in [3.05, 3.63) is 64.4 Å². The Hall–Kier alpha value is -6.95. The molecule has 0 N–H and O–H groups in total. The molecule has 35 heteroatoms. The second-order valence-electron chi connectivity index (χ2n) is 18.7. The normalized spacial score (nSPS) is 32.9. The molecule has 34 nitrogen and oxygen atoms in total. The van der Waals surface area contributed by atoms with Gasteiger partial charge in [0.05, 0.1) is 25.7 Å². The summed E-state index contributed by atoms with van der Waals surface area (Å²) < 4.78 is 78.6. The molecule has 3 aliphatic heterocycles.